The molecule has 3 nitrogen and oxygen atoms in total. The summed E-state index contributed by atoms with van der Waals surface area (Å²) in [6, 6.07) is 21.5. The van der Waals surface area contributed by atoms with Gasteiger partial charge in [0.25, 0.3) is 0 Å². The van der Waals surface area contributed by atoms with Crippen molar-refractivity contribution in [1.82, 2.24) is 0 Å². The van der Waals surface area contributed by atoms with Gasteiger partial charge < -0.3 is 4.74 Å². The van der Waals surface area contributed by atoms with Crippen LogP contribution in [0.5, 0.6) is 0 Å². The Morgan fingerprint density at radius 2 is 1.75 bits per heavy atom. The highest BCUT2D eigenvalue weighted by atomic mass is 79.9. The van der Waals surface area contributed by atoms with E-state index in [2.05, 4.69) is 20.9 Å². The quantitative estimate of drug-likeness (QED) is 0.468. The molecule has 0 saturated heterocycles. The monoisotopic (exact) mass is 377 g/mol. The van der Waals surface area contributed by atoms with Crippen molar-refractivity contribution < 1.29 is 9.53 Å². The summed E-state index contributed by atoms with van der Waals surface area (Å²) in [5.74, 6) is -0.106. The first-order valence-electron chi connectivity index (χ1n) is 7.47. The number of halogens is 1. The van der Waals surface area contributed by atoms with Crippen molar-refractivity contribution in [3.8, 4) is 0 Å². The van der Waals surface area contributed by atoms with Crippen molar-refractivity contribution in [2.24, 2.45) is 4.99 Å². The Hall–Kier alpha value is -2.72. The number of hydrogen-bond acceptors (Lipinski definition) is 3. The van der Waals surface area contributed by atoms with E-state index < -0.39 is 5.97 Å². The Kier molecular flexibility index (Phi) is 3.75. The Bertz CT molecular complexity index is 1020. The second-order valence-electron chi connectivity index (χ2n) is 5.41. The summed E-state index contributed by atoms with van der Waals surface area (Å²) in [6.45, 7) is 0. The molecule has 116 valence electrons. The Morgan fingerprint density at radius 3 is 2.62 bits per heavy atom. The minimum absolute atomic E-state index is 0.307. The average molecular weight is 378 g/mol. The zero-order chi connectivity index (χ0) is 16.5. The molecule has 0 radical (unpaired) electrons. The Morgan fingerprint density at radius 1 is 0.958 bits per heavy atom. The molecule has 24 heavy (non-hydrogen) atoms. The number of aliphatic imine (C=N–C) groups is 1. The molecule has 0 unspecified atom stereocenters. The van der Waals surface area contributed by atoms with E-state index in [9.17, 15) is 4.79 Å². The smallest absolute Gasteiger partial charge is 0.363 e. The summed E-state index contributed by atoms with van der Waals surface area (Å²) >= 11 is 3.41. The van der Waals surface area contributed by atoms with Crippen LogP contribution in [0.1, 0.15) is 11.1 Å². The lowest BCUT2D eigenvalue weighted by atomic mass is 10.0. The number of carbonyl (C=O) groups is 1. The van der Waals surface area contributed by atoms with Crippen molar-refractivity contribution in [3.05, 3.63) is 88.0 Å². The van der Waals surface area contributed by atoms with Crippen LogP contribution in [0.4, 0.5) is 0 Å². The van der Waals surface area contributed by atoms with Crippen LogP contribution in [-0.4, -0.2) is 11.9 Å². The SMILES string of the molecule is O=C1OC(c2cccc(Br)c2)=N/C1=C\c1cccc2ccccc12. The van der Waals surface area contributed by atoms with Gasteiger partial charge >= 0.3 is 5.97 Å². The summed E-state index contributed by atoms with van der Waals surface area (Å²) in [6.07, 6.45) is 1.77. The number of fused-ring (bicyclic) bond motifs is 1. The lowest BCUT2D eigenvalue weighted by molar-refractivity contribution is -0.129. The van der Waals surface area contributed by atoms with E-state index in [0.29, 0.717) is 11.6 Å². The van der Waals surface area contributed by atoms with Crippen LogP contribution in [-0.2, 0) is 9.53 Å². The van der Waals surface area contributed by atoms with E-state index in [-0.39, 0.29) is 0 Å². The van der Waals surface area contributed by atoms with Crippen molar-refractivity contribution in [1.29, 1.82) is 0 Å². The largest absolute Gasteiger partial charge is 0.402 e. The number of rotatable bonds is 2. The normalized spacial score (nSPS) is 15.6. The predicted molar refractivity (Wildman–Crippen MR) is 98.7 cm³/mol. The molecule has 3 aromatic carbocycles. The van der Waals surface area contributed by atoms with Gasteiger partial charge in [0, 0.05) is 10.0 Å². The van der Waals surface area contributed by atoms with Crippen LogP contribution in [0.3, 0.4) is 0 Å². The van der Waals surface area contributed by atoms with Crippen molar-refractivity contribution >= 4 is 44.6 Å². The molecular formula is C20H12BrNO2. The van der Waals surface area contributed by atoms with Gasteiger partial charge in [-0.25, -0.2) is 9.79 Å². The molecule has 1 heterocycles. The van der Waals surface area contributed by atoms with Crippen LogP contribution in [0.15, 0.2) is 81.9 Å². The molecule has 4 rings (SSSR count). The maximum absolute atomic E-state index is 12.2. The fourth-order valence-corrected chi connectivity index (χ4v) is 3.08. The number of hydrogen-bond donors (Lipinski definition) is 0. The molecular weight excluding hydrogens is 366 g/mol. The fourth-order valence-electron chi connectivity index (χ4n) is 2.68. The summed E-state index contributed by atoms with van der Waals surface area (Å²) in [5.41, 5.74) is 2.01. The van der Waals surface area contributed by atoms with Gasteiger partial charge in [-0.2, -0.15) is 0 Å². The third kappa shape index (κ3) is 2.76. The molecule has 0 aromatic heterocycles. The highest BCUT2D eigenvalue weighted by Crippen LogP contribution is 2.24. The summed E-state index contributed by atoms with van der Waals surface area (Å²) in [7, 11) is 0. The van der Waals surface area contributed by atoms with Gasteiger partial charge in [-0.15, -0.1) is 0 Å². The summed E-state index contributed by atoms with van der Waals surface area (Å²) < 4.78 is 6.23. The molecule has 0 amide bonds. The van der Waals surface area contributed by atoms with Crippen LogP contribution in [0.25, 0.3) is 16.8 Å². The summed E-state index contributed by atoms with van der Waals surface area (Å²) in [5, 5.41) is 2.20. The van der Waals surface area contributed by atoms with Gasteiger partial charge in [-0.1, -0.05) is 64.5 Å². The molecule has 0 N–H and O–H groups in total. The molecule has 4 heteroatoms. The predicted octanol–water partition coefficient (Wildman–Crippen LogP) is 4.95. The molecule has 1 aliphatic heterocycles. The molecule has 0 atom stereocenters. The van der Waals surface area contributed by atoms with Crippen LogP contribution in [0, 0.1) is 0 Å². The Labute approximate surface area is 147 Å². The van der Waals surface area contributed by atoms with E-state index in [0.717, 1.165) is 26.4 Å². The number of esters is 1. The second kappa shape index (κ2) is 6.06. The molecule has 1 aliphatic rings. The van der Waals surface area contributed by atoms with E-state index >= 15 is 0 Å². The maximum atomic E-state index is 12.2. The van der Waals surface area contributed by atoms with Crippen molar-refractivity contribution in [2.75, 3.05) is 0 Å². The molecule has 0 bridgehead atoms. The van der Waals surface area contributed by atoms with Gasteiger partial charge in [0.2, 0.25) is 5.90 Å². The first-order chi connectivity index (χ1) is 11.7. The minimum Gasteiger partial charge on any atom is -0.402 e. The van der Waals surface area contributed by atoms with Crippen LogP contribution in [0.2, 0.25) is 0 Å². The van der Waals surface area contributed by atoms with E-state index in [1.165, 1.54) is 0 Å². The zero-order valence-electron chi connectivity index (χ0n) is 12.6. The highest BCUT2D eigenvalue weighted by molar-refractivity contribution is 9.10. The number of benzene rings is 3. The molecule has 0 spiro atoms. The van der Waals surface area contributed by atoms with Gasteiger partial charge in [-0.05, 0) is 40.6 Å². The first-order valence-corrected chi connectivity index (χ1v) is 8.26. The first kappa shape index (κ1) is 14.8. The molecule has 0 fully saturated rings. The second-order valence-corrected chi connectivity index (χ2v) is 6.33. The van der Waals surface area contributed by atoms with E-state index in [4.69, 9.17) is 4.74 Å². The van der Waals surface area contributed by atoms with Crippen molar-refractivity contribution in [2.45, 2.75) is 0 Å². The van der Waals surface area contributed by atoms with Gasteiger partial charge in [0.15, 0.2) is 5.70 Å². The fraction of sp³-hybridized carbons (Fsp3) is 0. The number of nitrogens with zero attached hydrogens (tertiary/aromatic N) is 1. The average Bonchev–Trinajstić information content (AvgIpc) is 2.96. The van der Waals surface area contributed by atoms with Crippen LogP contribution >= 0.6 is 15.9 Å². The van der Waals surface area contributed by atoms with E-state index in [1.807, 2.05) is 66.7 Å². The van der Waals surface area contributed by atoms with Gasteiger partial charge in [0.05, 0.1) is 0 Å². The minimum atomic E-state index is -0.432. The summed E-state index contributed by atoms with van der Waals surface area (Å²) in [4.78, 5) is 16.5. The highest BCUT2D eigenvalue weighted by Gasteiger charge is 2.24. The van der Waals surface area contributed by atoms with Crippen molar-refractivity contribution in [3.63, 3.8) is 0 Å². The standard InChI is InChI=1S/C20H12BrNO2/c21-16-9-4-8-15(11-16)19-22-18(20(23)24-19)12-14-7-3-6-13-5-1-2-10-17(13)14/h1-12H/b18-12-. The van der Waals surface area contributed by atoms with Crippen LogP contribution < -0.4 is 0 Å². The Balaban J connectivity index is 1.78. The van der Waals surface area contributed by atoms with E-state index in [1.54, 1.807) is 6.08 Å². The lowest BCUT2D eigenvalue weighted by Crippen LogP contribution is -2.05. The lowest BCUT2D eigenvalue weighted by Gasteiger charge is -2.01. The third-order valence-corrected chi connectivity index (χ3v) is 4.30. The number of ether oxygens (including phenoxy) is 1. The topological polar surface area (TPSA) is 38.7 Å². The third-order valence-electron chi connectivity index (χ3n) is 3.81. The van der Waals surface area contributed by atoms with Gasteiger partial charge in [0.1, 0.15) is 0 Å². The molecule has 0 saturated carbocycles. The van der Waals surface area contributed by atoms with Gasteiger partial charge in [-0.3, -0.25) is 0 Å². The molecule has 3 aromatic rings. The molecule has 0 aliphatic carbocycles. The maximum Gasteiger partial charge on any atom is 0.363 e. The zero-order valence-corrected chi connectivity index (χ0v) is 14.2. The number of cyclic esters (lactones) is 1. The number of carbonyl (C=O) groups excluding carboxylic acids is 1.